The molecule has 0 spiro atoms. The lowest BCUT2D eigenvalue weighted by molar-refractivity contribution is -0.00752. The number of piperidine rings is 1. The maximum atomic E-state index is 5.61. The van der Waals surface area contributed by atoms with Crippen molar-refractivity contribution in [3.8, 4) is 0 Å². The van der Waals surface area contributed by atoms with E-state index in [1.165, 1.54) is 24.1 Å². The summed E-state index contributed by atoms with van der Waals surface area (Å²) in [4.78, 5) is 2.53. The number of benzene rings is 1. The second-order valence-corrected chi connectivity index (χ2v) is 5.82. The summed E-state index contributed by atoms with van der Waals surface area (Å²) in [6.45, 7) is 9.69. The minimum atomic E-state index is 0.379. The zero-order valence-electron chi connectivity index (χ0n) is 13.1. The van der Waals surface area contributed by atoms with Crippen LogP contribution in [0.25, 0.3) is 0 Å². The van der Waals surface area contributed by atoms with Crippen LogP contribution in [0.2, 0.25) is 0 Å². The summed E-state index contributed by atoms with van der Waals surface area (Å²) < 4.78 is 5.61. The summed E-state index contributed by atoms with van der Waals surface area (Å²) in [5.74, 6) is 0.674. The summed E-state index contributed by atoms with van der Waals surface area (Å²) in [5, 5.41) is 3.43. The Morgan fingerprint density at radius 3 is 2.75 bits per heavy atom. The largest absolute Gasteiger partial charge is 0.380 e. The third-order valence-electron chi connectivity index (χ3n) is 4.35. The second kappa shape index (κ2) is 7.77. The summed E-state index contributed by atoms with van der Waals surface area (Å²) in [7, 11) is 1.84. The Morgan fingerprint density at radius 2 is 2.05 bits per heavy atom. The van der Waals surface area contributed by atoms with Crippen molar-refractivity contribution in [1.29, 1.82) is 0 Å². The van der Waals surface area contributed by atoms with Crippen molar-refractivity contribution in [3.63, 3.8) is 0 Å². The van der Waals surface area contributed by atoms with Gasteiger partial charge in [-0.1, -0.05) is 38.1 Å². The van der Waals surface area contributed by atoms with Crippen LogP contribution in [-0.4, -0.2) is 37.7 Å². The van der Waals surface area contributed by atoms with Crippen LogP contribution < -0.4 is 5.32 Å². The molecule has 1 aliphatic heterocycles. The van der Waals surface area contributed by atoms with E-state index < -0.39 is 0 Å². The van der Waals surface area contributed by atoms with Crippen LogP contribution in [0.4, 0.5) is 0 Å². The van der Waals surface area contributed by atoms with Crippen molar-refractivity contribution >= 4 is 0 Å². The van der Waals surface area contributed by atoms with Crippen LogP contribution in [0.5, 0.6) is 0 Å². The first-order chi connectivity index (χ1) is 9.74. The van der Waals surface area contributed by atoms with Gasteiger partial charge in [0.25, 0.3) is 0 Å². The van der Waals surface area contributed by atoms with E-state index in [1.807, 2.05) is 7.11 Å². The standard InChI is InChI=1S/C17H28N2O/c1-4-18-11-15-7-5-6-8-16(15)12-19-10-9-14(2)17(13-19)20-3/h5-8,14,17-18H,4,9-13H2,1-3H3. The van der Waals surface area contributed by atoms with Crippen molar-refractivity contribution in [1.82, 2.24) is 10.2 Å². The van der Waals surface area contributed by atoms with Gasteiger partial charge in [0.15, 0.2) is 0 Å². The molecule has 20 heavy (non-hydrogen) atoms. The summed E-state index contributed by atoms with van der Waals surface area (Å²) in [5.41, 5.74) is 2.86. The molecule has 0 amide bonds. The Hall–Kier alpha value is -0.900. The zero-order chi connectivity index (χ0) is 14.4. The Balaban J connectivity index is 1.99. The Kier molecular flexibility index (Phi) is 6.02. The van der Waals surface area contributed by atoms with E-state index in [-0.39, 0.29) is 0 Å². The Morgan fingerprint density at radius 1 is 1.30 bits per heavy atom. The molecule has 1 aliphatic rings. The highest BCUT2D eigenvalue weighted by molar-refractivity contribution is 5.27. The van der Waals surface area contributed by atoms with Gasteiger partial charge in [-0.05, 0) is 36.6 Å². The molecule has 0 bridgehead atoms. The fourth-order valence-corrected chi connectivity index (χ4v) is 2.93. The number of nitrogens with one attached hydrogen (secondary N) is 1. The number of ether oxygens (including phenoxy) is 1. The molecule has 1 fully saturated rings. The van der Waals surface area contributed by atoms with Gasteiger partial charge in [0.1, 0.15) is 0 Å². The minimum Gasteiger partial charge on any atom is -0.380 e. The molecule has 3 heteroatoms. The average Bonchev–Trinajstić information content (AvgIpc) is 2.48. The van der Waals surface area contributed by atoms with Gasteiger partial charge in [-0.3, -0.25) is 4.90 Å². The third-order valence-corrected chi connectivity index (χ3v) is 4.35. The van der Waals surface area contributed by atoms with Crippen LogP contribution in [0.1, 0.15) is 31.4 Å². The molecule has 3 nitrogen and oxygen atoms in total. The molecule has 1 saturated heterocycles. The van der Waals surface area contributed by atoms with E-state index in [2.05, 4.69) is 48.3 Å². The van der Waals surface area contributed by atoms with Gasteiger partial charge in [0.2, 0.25) is 0 Å². The smallest absolute Gasteiger partial charge is 0.0724 e. The van der Waals surface area contributed by atoms with Gasteiger partial charge >= 0.3 is 0 Å². The zero-order valence-corrected chi connectivity index (χ0v) is 13.1. The predicted octanol–water partition coefficient (Wildman–Crippen LogP) is 2.65. The molecule has 0 saturated carbocycles. The quantitative estimate of drug-likeness (QED) is 0.864. The number of likely N-dealkylation sites (tertiary alicyclic amines) is 1. The monoisotopic (exact) mass is 276 g/mol. The van der Waals surface area contributed by atoms with Crippen LogP contribution in [-0.2, 0) is 17.8 Å². The molecule has 2 atom stereocenters. The van der Waals surface area contributed by atoms with E-state index >= 15 is 0 Å². The van der Waals surface area contributed by atoms with Crippen LogP contribution >= 0.6 is 0 Å². The normalized spacial score (nSPS) is 23.9. The summed E-state index contributed by atoms with van der Waals surface area (Å²) >= 11 is 0. The summed E-state index contributed by atoms with van der Waals surface area (Å²) in [6.07, 6.45) is 1.61. The number of rotatable bonds is 6. The minimum absolute atomic E-state index is 0.379. The second-order valence-electron chi connectivity index (χ2n) is 5.82. The van der Waals surface area contributed by atoms with Crippen molar-refractivity contribution < 1.29 is 4.74 Å². The van der Waals surface area contributed by atoms with E-state index in [0.717, 1.165) is 26.2 Å². The van der Waals surface area contributed by atoms with Crippen LogP contribution in [0, 0.1) is 5.92 Å². The number of hydrogen-bond acceptors (Lipinski definition) is 3. The molecule has 0 radical (unpaired) electrons. The Bertz CT molecular complexity index is 408. The lowest BCUT2D eigenvalue weighted by Gasteiger charge is -2.36. The van der Waals surface area contributed by atoms with Crippen LogP contribution in [0.15, 0.2) is 24.3 Å². The molecule has 0 aliphatic carbocycles. The lowest BCUT2D eigenvalue weighted by atomic mass is 9.95. The number of hydrogen-bond donors (Lipinski definition) is 1. The topological polar surface area (TPSA) is 24.5 Å². The molecule has 1 aromatic rings. The van der Waals surface area contributed by atoms with Crippen molar-refractivity contribution in [2.45, 2.75) is 39.5 Å². The van der Waals surface area contributed by atoms with E-state index in [4.69, 9.17) is 4.74 Å². The highest BCUT2D eigenvalue weighted by Gasteiger charge is 2.26. The Labute approximate surface area is 123 Å². The molecule has 1 N–H and O–H groups in total. The van der Waals surface area contributed by atoms with Crippen LogP contribution in [0.3, 0.4) is 0 Å². The van der Waals surface area contributed by atoms with Gasteiger partial charge < -0.3 is 10.1 Å². The maximum Gasteiger partial charge on any atom is 0.0724 e. The lowest BCUT2D eigenvalue weighted by Crippen LogP contribution is -2.43. The molecule has 0 aromatic heterocycles. The van der Waals surface area contributed by atoms with E-state index in [9.17, 15) is 0 Å². The van der Waals surface area contributed by atoms with E-state index in [1.54, 1.807) is 0 Å². The van der Waals surface area contributed by atoms with E-state index in [0.29, 0.717) is 12.0 Å². The molecule has 112 valence electrons. The predicted molar refractivity (Wildman–Crippen MR) is 83.7 cm³/mol. The van der Waals surface area contributed by atoms with Crippen molar-refractivity contribution in [2.75, 3.05) is 26.7 Å². The van der Waals surface area contributed by atoms with Gasteiger partial charge in [0, 0.05) is 26.7 Å². The average molecular weight is 276 g/mol. The SMILES string of the molecule is CCNCc1ccccc1CN1CCC(C)C(OC)C1. The molecule has 1 aromatic carbocycles. The number of nitrogens with zero attached hydrogens (tertiary/aromatic N) is 1. The van der Waals surface area contributed by atoms with Crippen molar-refractivity contribution in [3.05, 3.63) is 35.4 Å². The summed E-state index contributed by atoms with van der Waals surface area (Å²) in [6, 6.07) is 8.77. The first kappa shape index (κ1) is 15.5. The fourth-order valence-electron chi connectivity index (χ4n) is 2.93. The molecular weight excluding hydrogens is 248 g/mol. The molecule has 2 unspecified atom stereocenters. The molecule has 2 rings (SSSR count). The highest BCUT2D eigenvalue weighted by Crippen LogP contribution is 2.22. The fraction of sp³-hybridized carbons (Fsp3) is 0.647. The molecular formula is C17H28N2O. The van der Waals surface area contributed by atoms with Gasteiger partial charge in [-0.25, -0.2) is 0 Å². The maximum absolute atomic E-state index is 5.61. The van der Waals surface area contributed by atoms with Crippen molar-refractivity contribution in [2.24, 2.45) is 5.92 Å². The van der Waals surface area contributed by atoms with Gasteiger partial charge in [-0.15, -0.1) is 0 Å². The number of methoxy groups -OCH3 is 1. The highest BCUT2D eigenvalue weighted by atomic mass is 16.5. The third kappa shape index (κ3) is 4.05. The molecule has 1 heterocycles. The van der Waals surface area contributed by atoms with Gasteiger partial charge in [-0.2, -0.15) is 0 Å². The first-order valence-electron chi connectivity index (χ1n) is 7.77. The van der Waals surface area contributed by atoms with Gasteiger partial charge in [0.05, 0.1) is 6.10 Å². The first-order valence-corrected chi connectivity index (χ1v) is 7.77.